The number of aliphatic carboxylic acids is 1. The highest BCUT2D eigenvalue weighted by Crippen LogP contribution is 2.19. The summed E-state index contributed by atoms with van der Waals surface area (Å²) < 4.78 is 0. The summed E-state index contributed by atoms with van der Waals surface area (Å²) in [5.74, 6) is -1.05. The molecule has 6 nitrogen and oxygen atoms in total. The molecule has 0 spiro atoms. The lowest BCUT2D eigenvalue weighted by Crippen LogP contribution is -2.49. The zero-order valence-corrected chi connectivity index (χ0v) is 9.19. The van der Waals surface area contributed by atoms with Crippen molar-refractivity contribution in [1.82, 2.24) is 10.2 Å². The van der Waals surface area contributed by atoms with Gasteiger partial charge in [-0.25, -0.2) is 4.79 Å². The molecule has 0 aromatic rings. The smallest absolute Gasteiger partial charge is 0.323 e. The molecule has 92 valence electrons. The monoisotopic (exact) mass is 230 g/mol. The summed E-state index contributed by atoms with van der Waals surface area (Å²) in [5.41, 5.74) is 0. The minimum Gasteiger partial charge on any atom is -0.480 e. The van der Waals surface area contributed by atoms with E-state index in [2.05, 4.69) is 5.32 Å². The molecule has 1 fully saturated rings. The minimum atomic E-state index is -1.05. The molecular formula is C10H18N2O4. The second-order valence-corrected chi connectivity index (χ2v) is 3.91. The number of amides is 2. The summed E-state index contributed by atoms with van der Waals surface area (Å²) in [6, 6.07) is -0.312. The van der Waals surface area contributed by atoms with Gasteiger partial charge in [-0.1, -0.05) is 0 Å². The van der Waals surface area contributed by atoms with Crippen LogP contribution in [0.25, 0.3) is 0 Å². The summed E-state index contributed by atoms with van der Waals surface area (Å²) in [5, 5.41) is 19.7. The van der Waals surface area contributed by atoms with Crippen molar-refractivity contribution in [3.8, 4) is 0 Å². The predicted molar refractivity (Wildman–Crippen MR) is 57.1 cm³/mol. The number of urea groups is 1. The second kappa shape index (κ2) is 6.32. The Kier molecular flexibility index (Phi) is 5.04. The molecular weight excluding hydrogens is 212 g/mol. The molecule has 0 aliphatic carbocycles. The summed E-state index contributed by atoms with van der Waals surface area (Å²) in [4.78, 5) is 23.6. The quantitative estimate of drug-likeness (QED) is 0.635. The van der Waals surface area contributed by atoms with Crippen LogP contribution in [0.1, 0.15) is 25.7 Å². The molecule has 0 saturated carbocycles. The summed E-state index contributed by atoms with van der Waals surface area (Å²) in [7, 11) is 0. The molecule has 16 heavy (non-hydrogen) atoms. The maximum atomic E-state index is 11.7. The molecule has 1 unspecified atom stereocenters. The molecule has 2 amide bonds. The van der Waals surface area contributed by atoms with E-state index in [0.717, 1.165) is 19.3 Å². The number of aliphatic hydroxyl groups excluding tert-OH is 1. The van der Waals surface area contributed by atoms with Crippen molar-refractivity contribution in [1.29, 1.82) is 0 Å². The van der Waals surface area contributed by atoms with Crippen LogP contribution in [0.5, 0.6) is 0 Å². The third kappa shape index (κ3) is 3.69. The topological polar surface area (TPSA) is 89.9 Å². The van der Waals surface area contributed by atoms with Gasteiger partial charge in [0.2, 0.25) is 0 Å². The number of carbonyl (C=O) groups excluding carboxylic acids is 1. The minimum absolute atomic E-state index is 0.0348. The molecule has 1 rings (SSSR count). The Morgan fingerprint density at radius 2 is 2.12 bits per heavy atom. The Morgan fingerprint density at radius 1 is 1.38 bits per heavy atom. The molecule has 6 heteroatoms. The van der Waals surface area contributed by atoms with Crippen LogP contribution in [-0.2, 0) is 4.79 Å². The maximum absolute atomic E-state index is 11.7. The number of piperidine rings is 1. The Hall–Kier alpha value is -1.30. The van der Waals surface area contributed by atoms with Gasteiger partial charge in [-0.15, -0.1) is 0 Å². The Bertz CT molecular complexity index is 255. The van der Waals surface area contributed by atoms with Crippen LogP contribution >= 0.6 is 0 Å². The normalized spacial score (nSPS) is 20.6. The number of carboxylic acid groups (broad SMARTS) is 1. The van der Waals surface area contributed by atoms with Crippen LogP contribution in [-0.4, -0.2) is 52.9 Å². The molecule has 0 aromatic heterocycles. The van der Waals surface area contributed by atoms with Gasteiger partial charge < -0.3 is 20.4 Å². The van der Waals surface area contributed by atoms with Gasteiger partial charge in [-0.05, 0) is 25.7 Å². The van der Waals surface area contributed by atoms with Crippen molar-refractivity contribution < 1.29 is 19.8 Å². The Balaban J connectivity index is 2.46. The second-order valence-electron chi connectivity index (χ2n) is 3.91. The molecule has 3 N–H and O–H groups in total. The van der Waals surface area contributed by atoms with E-state index in [0.29, 0.717) is 13.0 Å². The highest BCUT2D eigenvalue weighted by atomic mass is 16.4. The Morgan fingerprint density at radius 3 is 2.75 bits per heavy atom. The average Bonchev–Trinajstić information content (AvgIpc) is 2.27. The zero-order chi connectivity index (χ0) is 12.0. The molecule has 0 bridgehead atoms. The summed E-state index contributed by atoms with van der Waals surface area (Å²) in [6.07, 6.45) is 3.41. The zero-order valence-electron chi connectivity index (χ0n) is 9.19. The standard InChI is InChI=1S/C10H18N2O4/c13-6-4-8-3-1-2-5-12(8)10(16)11-7-9(14)15/h8,13H,1-7H2,(H,11,16)(H,14,15). The van der Waals surface area contributed by atoms with Crippen molar-refractivity contribution in [2.75, 3.05) is 19.7 Å². The van der Waals surface area contributed by atoms with E-state index in [1.54, 1.807) is 4.90 Å². The van der Waals surface area contributed by atoms with E-state index in [4.69, 9.17) is 10.2 Å². The number of rotatable bonds is 4. The summed E-state index contributed by atoms with van der Waals surface area (Å²) in [6.45, 7) is 0.324. The lowest BCUT2D eigenvalue weighted by Gasteiger charge is -2.35. The number of nitrogens with zero attached hydrogens (tertiary/aromatic N) is 1. The first kappa shape index (κ1) is 12.8. The van der Waals surface area contributed by atoms with Crippen LogP contribution in [0.3, 0.4) is 0 Å². The number of nitrogens with one attached hydrogen (secondary N) is 1. The number of carbonyl (C=O) groups is 2. The lowest BCUT2D eigenvalue weighted by molar-refractivity contribution is -0.135. The fraction of sp³-hybridized carbons (Fsp3) is 0.800. The van der Waals surface area contributed by atoms with Gasteiger partial charge in [0.05, 0.1) is 0 Å². The fourth-order valence-corrected chi connectivity index (χ4v) is 1.97. The van der Waals surface area contributed by atoms with Crippen molar-refractivity contribution in [3.63, 3.8) is 0 Å². The third-order valence-electron chi connectivity index (χ3n) is 2.74. The fourth-order valence-electron chi connectivity index (χ4n) is 1.97. The highest BCUT2D eigenvalue weighted by molar-refractivity contribution is 5.80. The van der Waals surface area contributed by atoms with Gasteiger partial charge in [0, 0.05) is 19.2 Å². The third-order valence-corrected chi connectivity index (χ3v) is 2.74. The van der Waals surface area contributed by atoms with E-state index in [-0.39, 0.29) is 25.2 Å². The van der Waals surface area contributed by atoms with E-state index in [9.17, 15) is 9.59 Å². The molecule has 1 aliphatic heterocycles. The summed E-state index contributed by atoms with van der Waals surface area (Å²) >= 11 is 0. The number of hydrogen-bond donors (Lipinski definition) is 3. The van der Waals surface area contributed by atoms with E-state index >= 15 is 0 Å². The lowest BCUT2D eigenvalue weighted by atomic mass is 10.0. The maximum Gasteiger partial charge on any atom is 0.323 e. The van der Waals surface area contributed by atoms with Crippen molar-refractivity contribution in [3.05, 3.63) is 0 Å². The van der Waals surface area contributed by atoms with Crippen molar-refractivity contribution in [2.45, 2.75) is 31.7 Å². The first-order valence-corrected chi connectivity index (χ1v) is 5.52. The van der Waals surface area contributed by atoms with E-state index in [1.165, 1.54) is 0 Å². The number of aliphatic hydroxyl groups is 1. The first-order valence-electron chi connectivity index (χ1n) is 5.52. The van der Waals surface area contributed by atoms with Crippen LogP contribution in [0.2, 0.25) is 0 Å². The molecule has 0 aromatic carbocycles. The largest absolute Gasteiger partial charge is 0.480 e. The van der Waals surface area contributed by atoms with Gasteiger partial charge in [0.25, 0.3) is 0 Å². The van der Waals surface area contributed by atoms with Gasteiger partial charge in [0.1, 0.15) is 6.54 Å². The molecule has 0 radical (unpaired) electrons. The van der Waals surface area contributed by atoms with Gasteiger partial charge >= 0.3 is 12.0 Å². The van der Waals surface area contributed by atoms with Crippen LogP contribution in [0.4, 0.5) is 4.79 Å². The van der Waals surface area contributed by atoms with Crippen LogP contribution in [0, 0.1) is 0 Å². The average molecular weight is 230 g/mol. The highest BCUT2D eigenvalue weighted by Gasteiger charge is 2.26. The van der Waals surface area contributed by atoms with Crippen LogP contribution < -0.4 is 5.32 Å². The van der Waals surface area contributed by atoms with Crippen molar-refractivity contribution in [2.24, 2.45) is 0 Å². The van der Waals surface area contributed by atoms with E-state index < -0.39 is 5.97 Å². The molecule has 1 aliphatic rings. The SMILES string of the molecule is O=C(O)CNC(=O)N1CCCCC1CCO. The molecule has 1 atom stereocenters. The Labute approximate surface area is 94.2 Å². The number of likely N-dealkylation sites (tertiary alicyclic amines) is 1. The van der Waals surface area contributed by atoms with E-state index in [1.807, 2.05) is 0 Å². The van der Waals surface area contributed by atoms with Crippen molar-refractivity contribution >= 4 is 12.0 Å². The molecule has 1 heterocycles. The molecule has 1 saturated heterocycles. The van der Waals surface area contributed by atoms with Gasteiger partial charge in [-0.2, -0.15) is 0 Å². The van der Waals surface area contributed by atoms with Gasteiger partial charge in [-0.3, -0.25) is 4.79 Å². The van der Waals surface area contributed by atoms with Gasteiger partial charge in [0.15, 0.2) is 0 Å². The van der Waals surface area contributed by atoms with Crippen LogP contribution in [0.15, 0.2) is 0 Å². The predicted octanol–water partition coefficient (Wildman–Crippen LogP) is 0.0175. The first-order chi connectivity index (χ1) is 7.65. The number of hydrogen-bond acceptors (Lipinski definition) is 3. The number of carboxylic acids is 1.